The molecular weight excluding hydrogens is 306 g/mol. The molecule has 3 aromatic rings. The second-order valence-electron chi connectivity index (χ2n) is 4.18. The zero-order valence-electron chi connectivity index (χ0n) is 9.88. The summed E-state index contributed by atoms with van der Waals surface area (Å²) in [7, 11) is 0. The average molecular weight is 316 g/mol. The number of aromatic nitrogens is 1. The first-order valence-electron chi connectivity index (χ1n) is 5.77. The van der Waals surface area contributed by atoms with Gasteiger partial charge in [-0.2, -0.15) is 0 Å². The van der Waals surface area contributed by atoms with Crippen molar-refractivity contribution in [1.29, 1.82) is 0 Å². The van der Waals surface area contributed by atoms with E-state index in [0.717, 1.165) is 21.1 Å². The first-order chi connectivity index (χ1) is 9.18. The van der Waals surface area contributed by atoms with Gasteiger partial charge in [0.25, 0.3) is 0 Å². The summed E-state index contributed by atoms with van der Waals surface area (Å²) in [5.41, 5.74) is 1.97. The van der Waals surface area contributed by atoms with Crippen LogP contribution in [-0.4, -0.2) is 15.6 Å². The molecule has 4 heteroatoms. The van der Waals surface area contributed by atoms with E-state index in [9.17, 15) is 9.90 Å². The minimum atomic E-state index is -0.938. The Morgan fingerprint density at radius 2 is 1.79 bits per heavy atom. The van der Waals surface area contributed by atoms with Crippen molar-refractivity contribution in [3.63, 3.8) is 0 Å². The Kier molecular flexibility index (Phi) is 2.87. The largest absolute Gasteiger partial charge is 0.477 e. The molecule has 2 aromatic carbocycles. The van der Waals surface area contributed by atoms with Crippen molar-refractivity contribution < 1.29 is 9.90 Å². The molecule has 0 spiro atoms. The Hall–Kier alpha value is -2.07. The van der Waals surface area contributed by atoms with Crippen molar-refractivity contribution in [2.75, 3.05) is 0 Å². The molecule has 0 unspecified atom stereocenters. The molecule has 0 aliphatic rings. The van der Waals surface area contributed by atoms with Crippen molar-refractivity contribution in [2.45, 2.75) is 0 Å². The third kappa shape index (κ3) is 1.94. The first kappa shape index (κ1) is 12.0. The molecule has 19 heavy (non-hydrogen) atoms. The minimum Gasteiger partial charge on any atom is -0.477 e. The summed E-state index contributed by atoms with van der Waals surface area (Å²) in [6, 6.07) is 16.9. The summed E-state index contributed by atoms with van der Waals surface area (Å²) >= 11 is 3.46. The van der Waals surface area contributed by atoms with Gasteiger partial charge in [0, 0.05) is 15.5 Å². The maximum Gasteiger partial charge on any atom is 0.352 e. The van der Waals surface area contributed by atoms with Crippen LogP contribution in [0.5, 0.6) is 0 Å². The molecule has 0 saturated carbocycles. The molecule has 0 aliphatic carbocycles. The molecule has 1 aromatic heterocycles. The SMILES string of the molecule is O=C(O)c1cc2c(Br)cccc2n1-c1ccccc1. The summed E-state index contributed by atoms with van der Waals surface area (Å²) in [5.74, 6) is -0.938. The van der Waals surface area contributed by atoms with Crippen LogP contribution >= 0.6 is 15.9 Å². The van der Waals surface area contributed by atoms with Crippen LogP contribution in [0.4, 0.5) is 0 Å². The number of para-hydroxylation sites is 1. The van der Waals surface area contributed by atoms with Crippen molar-refractivity contribution in [3.05, 3.63) is 64.8 Å². The molecule has 0 fully saturated rings. The minimum absolute atomic E-state index is 0.258. The van der Waals surface area contributed by atoms with E-state index < -0.39 is 5.97 Å². The molecule has 0 radical (unpaired) electrons. The normalized spacial score (nSPS) is 10.8. The lowest BCUT2D eigenvalue weighted by Gasteiger charge is -2.08. The molecule has 3 rings (SSSR count). The summed E-state index contributed by atoms with van der Waals surface area (Å²) in [6.45, 7) is 0. The van der Waals surface area contributed by atoms with Crippen LogP contribution in [0.3, 0.4) is 0 Å². The number of fused-ring (bicyclic) bond motifs is 1. The van der Waals surface area contributed by atoms with Gasteiger partial charge in [-0.15, -0.1) is 0 Å². The van der Waals surface area contributed by atoms with E-state index in [2.05, 4.69) is 15.9 Å². The monoisotopic (exact) mass is 315 g/mol. The highest BCUT2D eigenvalue weighted by atomic mass is 79.9. The molecule has 94 valence electrons. The van der Waals surface area contributed by atoms with Gasteiger partial charge in [-0.25, -0.2) is 4.79 Å². The van der Waals surface area contributed by atoms with Gasteiger partial charge in [-0.05, 0) is 30.3 Å². The number of aromatic carboxylic acids is 1. The Morgan fingerprint density at radius 3 is 2.47 bits per heavy atom. The highest BCUT2D eigenvalue weighted by Gasteiger charge is 2.16. The van der Waals surface area contributed by atoms with E-state index in [1.54, 1.807) is 10.6 Å². The van der Waals surface area contributed by atoms with E-state index >= 15 is 0 Å². The number of carboxylic acids is 1. The number of rotatable bonds is 2. The fraction of sp³-hybridized carbons (Fsp3) is 0. The number of benzene rings is 2. The number of hydrogen-bond acceptors (Lipinski definition) is 1. The van der Waals surface area contributed by atoms with Crippen LogP contribution in [0.2, 0.25) is 0 Å². The maximum absolute atomic E-state index is 11.4. The Balaban J connectivity index is 2.42. The third-order valence-corrected chi connectivity index (χ3v) is 3.72. The molecule has 1 heterocycles. The molecule has 0 bridgehead atoms. The number of carbonyl (C=O) groups is 1. The molecule has 3 nitrogen and oxygen atoms in total. The van der Waals surface area contributed by atoms with Crippen molar-refractivity contribution >= 4 is 32.8 Å². The Labute approximate surface area is 118 Å². The summed E-state index contributed by atoms with van der Waals surface area (Å²) in [5, 5.41) is 10.3. The van der Waals surface area contributed by atoms with Crippen LogP contribution in [0.25, 0.3) is 16.6 Å². The van der Waals surface area contributed by atoms with E-state index in [1.807, 2.05) is 48.5 Å². The van der Waals surface area contributed by atoms with Crippen molar-refractivity contribution in [2.24, 2.45) is 0 Å². The highest BCUT2D eigenvalue weighted by molar-refractivity contribution is 9.10. The lowest BCUT2D eigenvalue weighted by Crippen LogP contribution is -2.06. The summed E-state index contributed by atoms with van der Waals surface area (Å²) in [4.78, 5) is 11.4. The van der Waals surface area contributed by atoms with Crippen LogP contribution in [0, 0.1) is 0 Å². The number of nitrogens with zero attached hydrogens (tertiary/aromatic N) is 1. The number of hydrogen-bond donors (Lipinski definition) is 1. The van der Waals surface area contributed by atoms with E-state index in [4.69, 9.17) is 0 Å². The van der Waals surface area contributed by atoms with Crippen LogP contribution < -0.4 is 0 Å². The molecule has 0 amide bonds. The molecule has 0 saturated heterocycles. The Morgan fingerprint density at radius 1 is 1.05 bits per heavy atom. The predicted molar refractivity (Wildman–Crippen MR) is 77.9 cm³/mol. The maximum atomic E-state index is 11.4. The van der Waals surface area contributed by atoms with Crippen LogP contribution in [0.15, 0.2) is 59.1 Å². The third-order valence-electron chi connectivity index (χ3n) is 3.03. The average Bonchev–Trinajstić information content (AvgIpc) is 2.81. The van der Waals surface area contributed by atoms with E-state index in [1.165, 1.54) is 0 Å². The number of carboxylic acid groups (broad SMARTS) is 1. The van der Waals surface area contributed by atoms with E-state index in [-0.39, 0.29) is 5.69 Å². The summed E-state index contributed by atoms with van der Waals surface area (Å²) in [6.07, 6.45) is 0. The Bertz CT molecular complexity index is 762. The van der Waals surface area contributed by atoms with Gasteiger partial charge in [-0.3, -0.25) is 0 Å². The highest BCUT2D eigenvalue weighted by Crippen LogP contribution is 2.29. The molecule has 1 N–H and O–H groups in total. The van der Waals surface area contributed by atoms with Gasteiger partial charge in [0.15, 0.2) is 0 Å². The van der Waals surface area contributed by atoms with Gasteiger partial charge in [-0.1, -0.05) is 40.2 Å². The first-order valence-corrected chi connectivity index (χ1v) is 6.56. The van der Waals surface area contributed by atoms with Crippen LogP contribution in [-0.2, 0) is 0 Å². The predicted octanol–water partition coefficient (Wildman–Crippen LogP) is 4.09. The van der Waals surface area contributed by atoms with Gasteiger partial charge in [0.1, 0.15) is 5.69 Å². The fourth-order valence-corrected chi connectivity index (χ4v) is 2.68. The van der Waals surface area contributed by atoms with Gasteiger partial charge in [0.2, 0.25) is 0 Å². The zero-order valence-corrected chi connectivity index (χ0v) is 11.5. The molecule has 0 aliphatic heterocycles. The van der Waals surface area contributed by atoms with Gasteiger partial charge in [0.05, 0.1) is 5.52 Å². The van der Waals surface area contributed by atoms with Gasteiger partial charge < -0.3 is 9.67 Å². The van der Waals surface area contributed by atoms with Crippen LogP contribution in [0.1, 0.15) is 10.5 Å². The van der Waals surface area contributed by atoms with E-state index in [0.29, 0.717) is 0 Å². The standard InChI is InChI=1S/C15H10BrNO2/c16-12-7-4-8-13-11(12)9-14(15(18)19)17(13)10-5-2-1-3-6-10/h1-9H,(H,18,19). The lowest BCUT2D eigenvalue weighted by atomic mass is 10.2. The molecular formula is C15H10BrNO2. The quantitative estimate of drug-likeness (QED) is 0.774. The number of halogens is 1. The second-order valence-corrected chi connectivity index (χ2v) is 5.03. The second kappa shape index (κ2) is 4.55. The van der Waals surface area contributed by atoms with Gasteiger partial charge >= 0.3 is 5.97 Å². The summed E-state index contributed by atoms with van der Waals surface area (Å²) < 4.78 is 2.64. The fourth-order valence-electron chi connectivity index (χ4n) is 2.21. The zero-order chi connectivity index (χ0) is 13.4. The smallest absolute Gasteiger partial charge is 0.352 e. The topological polar surface area (TPSA) is 42.2 Å². The molecule has 0 atom stereocenters. The van der Waals surface area contributed by atoms with Crippen molar-refractivity contribution in [3.8, 4) is 5.69 Å². The van der Waals surface area contributed by atoms with Crippen molar-refractivity contribution in [1.82, 2.24) is 4.57 Å². The lowest BCUT2D eigenvalue weighted by molar-refractivity contribution is 0.0688.